The molecule has 0 aliphatic heterocycles. The first kappa shape index (κ1) is 11.7. The Morgan fingerprint density at radius 2 is 2.06 bits per heavy atom. The molecule has 0 aliphatic rings. The first-order valence-electron chi connectivity index (χ1n) is 4.87. The fraction of sp³-hybridized carbons (Fsp3) is 0.400. The monoisotopic (exact) mass is 216 g/mol. The van der Waals surface area contributed by atoms with E-state index in [4.69, 9.17) is 10.5 Å². The van der Waals surface area contributed by atoms with Gasteiger partial charge >= 0.3 is 0 Å². The Bertz CT molecular complexity index is 400. The second-order valence-corrected chi connectivity index (χ2v) is 2.94. The van der Waals surface area contributed by atoms with Crippen molar-refractivity contribution >= 4 is 11.8 Å². The second kappa shape index (κ2) is 6.20. The lowest BCUT2D eigenvalue weighted by molar-refractivity contribution is 0.924. The maximum Gasteiger partial charge on any atom is 0.224 e. The summed E-state index contributed by atoms with van der Waals surface area (Å²) in [4.78, 5) is 9.80. The minimum Gasteiger partial charge on any atom is -0.354 e. The lowest BCUT2D eigenvalue weighted by Crippen LogP contribution is -2.25. The fourth-order valence-corrected chi connectivity index (χ4v) is 1.16. The van der Waals surface area contributed by atoms with Gasteiger partial charge in [-0.25, -0.2) is 4.98 Å². The van der Waals surface area contributed by atoms with Gasteiger partial charge in [-0.3, -0.25) is 0 Å². The second-order valence-electron chi connectivity index (χ2n) is 2.94. The molecule has 1 aromatic heterocycles. The summed E-state index contributed by atoms with van der Waals surface area (Å²) < 4.78 is 0. The molecule has 0 amide bonds. The van der Waals surface area contributed by atoms with Crippen LogP contribution in [0.25, 0.3) is 0 Å². The van der Waals surface area contributed by atoms with Crippen molar-refractivity contribution in [2.24, 2.45) is 0 Å². The minimum absolute atomic E-state index is 0.135. The van der Waals surface area contributed by atoms with Gasteiger partial charge in [-0.15, -0.1) is 0 Å². The first-order valence-corrected chi connectivity index (χ1v) is 4.87. The molecule has 1 heterocycles. The van der Waals surface area contributed by atoms with Crippen molar-refractivity contribution in [3.05, 3.63) is 12.3 Å². The SMILES string of the molecule is CCNc1nccc(N(CC#N)CC#N)n1. The number of hydrogen-bond acceptors (Lipinski definition) is 6. The molecule has 0 aromatic carbocycles. The van der Waals surface area contributed by atoms with E-state index in [9.17, 15) is 0 Å². The van der Waals surface area contributed by atoms with Crippen molar-refractivity contribution in [1.82, 2.24) is 9.97 Å². The topological polar surface area (TPSA) is 88.6 Å². The molecular weight excluding hydrogens is 204 g/mol. The quantitative estimate of drug-likeness (QED) is 0.731. The molecule has 1 rings (SSSR count). The predicted molar refractivity (Wildman–Crippen MR) is 59.6 cm³/mol. The third-order valence-electron chi connectivity index (χ3n) is 1.82. The number of rotatable bonds is 5. The highest BCUT2D eigenvalue weighted by Gasteiger charge is 2.07. The highest BCUT2D eigenvalue weighted by molar-refractivity contribution is 5.44. The van der Waals surface area contributed by atoms with Crippen LogP contribution < -0.4 is 10.2 Å². The molecule has 0 saturated carbocycles. The number of nitrogens with zero attached hydrogens (tertiary/aromatic N) is 5. The zero-order chi connectivity index (χ0) is 11.8. The standard InChI is InChI=1S/C10H12N6/c1-2-13-10-14-6-3-9(15-10)16(7-4-11)8-5-12/h3,6H,2,7-8H2,1H3,(H,13,14,15). The summed E-state index contributed by atoms with van der Waals surface area (Å²) >= 11 is 0. The summed E-state index contributed by atoms with van der Waals surface area (Å²) in [5.41, 5.74) is 0. The molecule has 6 nitrogen and oxygen atoms in total. The Kier molecular flexibility index (Phi) is 4.55. The Balaban J connectivity index is 2.87. The van der Waals surface area contributed by atoms with E-state index in [-0.39, 0.29) is 13.1 Å². The van der Waals surface area contributed by atoms with E-state index in [1.54, 1.807) is 17.2 Å². The zero-order valence-electron chi connectivity index (χ0n) is 9.01. The number of hydrogen-bond donors (Lipinski definition) is 1. The molecule has 16 heavy (non-hydrogen) atoms. The van der Waals surface area contributed by atoms with E-state index in [1.165, 1.54) is 0 Å². The normalized spacial score (nSPS) is 8.94. The number of nitrogens with one attached hydrogen (secondary N) is 1. The van der Waals surface area contributed by atoms with Crippen LogP contribution in [0, 0.1) is 22.7 Å². The van der Waals surface area contributed by atoms with Crippen LogP contribution in [0.1, 0.15) is 6.92 Å². The van der Waals surface area contributed by atoms with Gasteiger partial charge in [0.1, 0.15) is 18.9 Å². The van der Waals surface area contributed by atoms with Crippen molar-refractivity contribution in [1.29, 1.82) is 10.5 Å². The molecule has 1 aromatic rings. The van der Waals surface area contributed by atoms with Crippen molar-refractivity contribution in [3.8, 4) is 12.1 Å². The molecule has 0 unspecified atom stereocenters. The predicted octanol–water partition coefficient (Wildman–Crippen LogP) is 0.762. The van der Waals surface area contributed by atoms with Crippen molar-refractivity contribution < 1.29 is 0 Å². The van der Waals surface area contributed by atoms with Crippen LogP contribution in [0.2, 0.25) is 0 Å². The largest absolute Gasteiger partial charge is 0.354 e. The summed E-state index contributed by atoms with van der Waals surface area (Å²) in [5, 5.41) is 20.2. The van der Waals surface area contributed by atoms with Crippen molar-refractivity contribution in [2.75, 3.05) is 29.9 Å². The molecule has 1 N–H and O–H groups in total. The van der Waals surface area contributed by atoms with Crippen molar-refractivity contribution in [3.63, 3.8) is 0 Å². The van der Waals surface area contributed by atoms with E-state index < -0.39 is 0 Å². The van der Waals surface area contributed by atoms with Gasteiger partial charge in [0.05, 0.1) is 12.1 Å². The molecule has 0 aliphatic carbocycles. The smallest absolute Gasteiger partial charge is 0.224 e. The molecule has 0 saturated heterocycles. The van der Waals surface area contributed by atoms with Gasteiger partial charge < -0.3 is 10.2 Å². The highest BCUT2D eigenvalue weighted by atomic mass is 15.2. The van der Waals surface area contributed by atoms with Gasteiger partial charge in [0, 0.05) is 12.7 Å². The van der Waals surface area contributed by atoms with Crippen molar-refractivity contribution in [2.45, 2.75) is 6.92 Å². The average molecular weight is 216 g/mol. The van der Waals surface area contributed by atoms with E-state index >= 15 is 0 Å². The minimum atomic E-state index is 0.135. The number of aromatic nitrogens is 2. The Hall–Kier alpha value is -2.34. The summed E-state index contributed by atoms with van der Waals surface area (Å²) in [6, 6.07) is 5.67. The van der Waals surface area contributed by atoms with Gasteiger partial charge in [-0.05, 0) is 13.0 Å². The lowest BCUT2D eigenvalue weighted by Gasteiger charge is -2.16. The van der Waals surface area contributed by atoms with Gasteiger partial charge in [-0.1, -0.05) is 0 Å². The third-order valence-corrected chi connectivity index (χ3v) is 1.82. The maximum absolute atomic E-state index is 8.64. The summed E-state index contributed by atoms with van der Waals surface area (Å²) in [6.45, 7) is 2.94. The van der Waals surface area contributed by atoms with Gasteiger partial charge in [0.2, 0.25) is 5.95 Å². The lowest BCUT2D eigenvalue weighted by atomic mass is 10.4. The van der Waals surface area contributed by atoms with Crippen LogP contribution in [0.5, 0.6) is 0 Å². The molecule has 0 bridgehead atoms. The maximum atomic E-state index is 8.64. The number of nitriles is 2. The molecular formula is C10H12N6. The van der Waals surface area contributed by atoms with Gasteiger partial charge in [-0.2, -0.15) is 15.5 Å². The molecule has 0 spiro atoms. The Labute approximate surface area is 94.2 Å². The third kappa shape index (κ3) is 3.10. The van der Waals surface area contributed by atoms with Crippen LogP contribution in [-0.2, 0) is 0 Å². The van der Waals surface area contributed by atoms with E-state index in [1.807, 2.05) is 19.1 Å². The number of anilines is 2. The van der Waals surface area contributed by atoms with Gasteiger partial charge in [0.25, 0.3) is 0 Å². The summed E-state index contributed by atoms with van der Waals surface area (Å²) in [5.74, 6) is 1.08. The Morgan fingerprint density at radius 3 is 2.62 bits per heavy atom. The van der Waals surface area contributed by atoms with Crippen LogP contribution in [0.4, 0.5) is 11.8 Å². The summed E-state index contributed by atoms with van der Waals surface area (Å²) in [7, 11) is 0. The highest BCUT2D eigenvalue weighted by Crippen LogP contribution is 2.10. The molecule has 82 valence electrons. The fourth-order valence-electron chi connectivity index (χ4n) is 1.16. The molecule has 0 fully saturated rings. The van der Waals surface area contributed by atoms with E-state index in [2.05, 4.69) is 15.3 Å². The zero-order valence-corrected chi connectivity index (χ0v) is 9.01. The molecule has 0 atom stereocenters. The summed E-state index contributed by atoms with van der Waals surface area (Å²) in [6.07, 6.45) is 1.60. The Morgan fingerprint density at radius 1 is 1.38 bits per heavy atom. The van der Waals surface area contributed by atoms with E-state index in [0.717, 1.165) is 6.54 Å². The molecule has 0 radical (unpaired) electrons. The van der Waals surface area contributed by atoms with Crippen LogP contribution >= 0.6 is 0 Å². The first-order chi connectivity index (χ1) is 7.81. The van der Waals surface area contributed by atoms with Crippen LogP contribution in [0.3, 0.4) is 0 Å². The van der Waals surface area contributed by atoms with E-state index in [0.29, 0.717) is 11.8 Å². The molecule has 6 heteroatoms. The van der Waals surface area contributed by atoms with Gasteiger partial charge in [0.15, 0.2) is 0 Å². The van der Waals surface area contributed by atoms with Crippen LogP contribution in [-0.4, -0.2) is 29.6 Å². The average Bonchev–Trinajstić information content (AvgIpc) is 2.30. The van der Waals surface area contributed by atoms with Crippen LogP contribution in [0.15, 0.2) is 12.3 Å².